The van der Waals surface area contributed by atoms with Crippen LogP contribution in [0.2, 0.25) is 0 Å². The SMILES string of the molecule is CC(=O)Nc1ncc(-c2ccnc(C(=O)OC(C)(C)C)c2)cn1. The Morgan fingerprint density at radius 2 is 1.74 bits per heavy atom. The molecule has 0 fully saturated rings. The van der Waals surface area contributed by atoms with Crippen LogP contribution >= 0.6 is 0 Å². The molecule has 0 saturated heterocycles. The first kappa shape index (κ1) is 16.5. The molecule has 1 amide bonds. The summed E-state index contributed by atoms with van der Waals surface area (Å²) in [6, 6.07) is 3.36. The molecule has 0 spiro atoms. The molecule has 0 aliphatic heterocycles. The number of aromatic nitrogens is 3. The first-order chi connectivity index (χ1) is 10.7. The van der Waals surface area contributed by atoms with Crippen molar-refractivity contribution in [2.24, 2.45) is 0 Å². The minimum Gasteiger partial charge on any atom is -0.455 e. The third-order valence-electron chi connectivity index (χ3n) is 2.64. The summed E-state index contributed by atoms with van der Waals surface area (Å²) in [5, 5.41) is 2.49. The zero-order valence-corrected chi connectivity index (χ0v) is 13.5. The molecular weight excluding hydrogens is 296 g/mol. The van der Waals surface area contributed by atoms with Crippen LogP contribution in [0.15, 0.2) is 30.7 Å². The third kappa shape index (κ3) is 4.84. The Balaban J connectivity index is 2.22. The average molecular weight is 314 g/mol. The fourth-order valence-electron chi connectivity index (χ4n) is 1.75. The van der Waals surface area contributed by atoms with Crippen molar-refractivity contribution in [1.29, 1.82) is 0 Å². The molecule has 2 aromatic heterocycles. The number of hydrogen-bond acceptors (Lipinski definition) is 6. The highest BCUT2D eigenvalue weighted by atomic mass is 16.6. The van der Waals surface area contributed by atoms with Crippen molar-refractivity contribution in [3.63, 3.8) is 0 Å². The van der Waals surface area contributed by atoms with Gasteiger partial charge in [0.05, 0.1) is 0 Å². The van der Waals surface area contributed by atoms with Crippen molar-refractivity contribution in [1.82, 2.24) is 15.0 Å². The van der Waals surface area contributed by atoms with Crippen LogP contribution in [0.25, 0.3) is 11.1 Å². The summed E-state index contributed by atoms with van der Waals surface area (Å²) in [4.78, 5) is 35.1. The van der Waals surface area contributed by atoms with E-state index < -0.39 is 11.6 Å². The molecule has 0 radical (unpaired) electrons. The minimum absolute atomic E-state index is 0.211. The summed E-state index contributed by atoms with van der Waals surface area (Å²) < 4.78 is 5.30. The molecule has 0 atom stereocenters. The maximum atomic E-state index is 12.1. The molecule has 2 aromatic rings. The highest BCUT2D eigenvalue weighted by molar-refractivity contribution is 5.89. The maximum absolute atomic E-state index is 12.1. The molecule has 0 aliphatic rings. The number of ether oxygens (including phenoxy) is 1. The topological polar surface area (TPSA) is 94.1 Å². The fourth-order valence-corrected chi connectivity index (χ4v) is 1.75. The summed E-state index contributed by atoms with van der Waals surface area (Å²) in [6.45, 7) is 6.77. The molecule has 120 valence electrons. The van der Waals surface area contributed by atoms with Gasteiger partial charge in [-0.25, -0.2) is 19.7 Å². The van der Waals surface area contributed by atoms with Gasteiger partial charge in [0.15, 0.2) is 0 Å². The smallest absolute Gasteiger partial charge is 0.357 e. The molecule has 0 aromatic carbocycles. The fraction of sp³-hybridized carbons (Fsp3) is 0.312. The number of esters is 1. The van der Waals surface area contributed by atoms with Gasteiger partial charge in [-0.3, -0.25) is 10.1 Å². The molecule has 0 saturated carbocycles. The summed E-state index contributed by atoms with van der Waals surface area (Å²) in [5.41, 5.74) is 1.06. The normalized spacial score (nSPS) is 11.0. The number of rotatable bonds is 3. The second-order valence-electron chi connectivity index (χ2n) is 5.91. The maximum Gasteiger partial charge on any atom is 0.357 e. The van der Waals surface area contributed by atoms with Crippen LogP contribution < -0.4 is 5.32 Å². The molecule has 23 heavy (non-hydrogen) atoms. The van der Waals surface area contributed by atoms with Gasteiger partial charge in [-0.1, -0.05) is 0 Å². The standard InChI is InChI=1S/C16H18N4O3/c1-10(21)20-15-18-8-12(9-19-15)11-5-6-17-13(7-11)14(22)23-16(2,3)4/h5-9H,1-4H3,(H,18,19,20,21). The molecule has 0 bridgehead atoms. The van der Waals surface area contributed by atoms with Crippen molar-refractivity contribution in [2.75, 3.05) is 5.32 Å². The molecule has 2 heterocycles. The lowest BCUT2D eigenvalue weighted by Gasteiger charge is -2.19. The molecule has 7 heteroatoms. The lowest BCUT2D eigenvalue weighted by molar-refractivity contribution is -0.114. The number of anilines is 1. The van der Waals surface area contributed by atoms with Crippen molar-refractivity contribution < 1.29 is 14.3 Å². The highest BCUT2D eigenvalue weighted by Gasteiger charge is 2.19. The van der Waals surface area contributed by atoms with Crippen molar-refractivity contribution >= 4 is 17.8 Å². The van der Waals surface area contributed by atoms with Crippen molar-refractivity contribution in [3.8, 4) is 11.1 Å². The van der Waals surface area contributed by atoms with Gasteiger partial charge in [0.1, 0.15) is 11.3 Å². The predicted octanol–water partition coefficient (Wildman–Crippen LogP) is 2.45. The number of hydrogen-bond donors (Lipinski definition) is 1. The third-order valence-corrected chi connectivity index (χ3v) is 2.64. The summed E-state index contributed by atoms with van der Waals surface area (Å²) >= 11 is 0. The molecule has 2 rings (SSSR count). The summed E-state index contributed by atoms with van der Waals surface area (Å²) in [7, 11) is 0. The largest absolute Gasteiger partial charge is 0.455 e. The first-order valence-corrected chi connectivity index (χ1v) is 7.04. The van der Waals surface area contributed by atoms with Crippen LogP contribution in [0.5, 0.6) is 0 Å². The number of nitrogens with zero attached hydrogens (tertiary/aromatic N) is 3. The van der Waals surface area contributed by atoms with E-state index in [0.29, 0.717) is 5.56 Å². The Bertz CT molecular complexity index is 721. The van der Waals surface area contributed by atoms with Gasteiger partial charge in [-0.05, 0) is 38.5 Å². The Morgan fingerprint density at radius 1 is 1.09 bits per heavy atom. The van der Waals surface area contributed by atoms with E-state index in [1.165, 1.54) is 13.1 Å². The van der Waals surface area contributed by atoms with Crippen LogP contribution in [-0.2, 0) is 9.53 Å². The van der Waals surface area contributed by atoms with Crippen molar-refractivity contribution in [2.45, 2.75) is 33.3 Å². The van der Waals surface area contributed by atoms with E-state index in [0.717, 1.165) is 5.56 Å². The van der Waals surface area contributed by atoms with Gasteiger partial charge in [0.25, 0.3) is 0 Å². The Morgan fingerprint density at radius 3 is 2.30 bits per heavy atom. The number of carbonyl (C=O) groups excluding carboxylic acids is 2. The quantitative estimate of drug-likeness (QED) is 0.875. The highest BCUT2D eigenvalue weighted by Crippen LogP contribution is 2.20. The van der Waals surface area contributed by atoms with E-state index in [4.69, 9.17) is 4.74 Å². The molecule has 7 nitrogen and oxygen atoms in total. The van der Waals surface area contributed by atoms with Gasteiger partial charge in [-0.2, -0.15) is 0 Å². The molecule has 0 aliphatic carbocycles. The zero-order chi connectivity index (χ0) is 17.0. The van der Waals surface area contributed by atoms with E-state index in [1.54, 1.807) is 45.3 Å². The second-order valence-corrected chi connectivity index (χ2v) is 5.91. The lowest BCUT2D eigenvalue weighted by Crippen LogP contribution is -2.24. The van der Waals surface area contributed by atoms with E-state index in [-0.39, 0.29) is 17.5 Å². The zero-order valence-electron chi connectivity index (χ0n) is 13.5. The number of nitrogens with one attached hydrogen (secondary N) is 1. The Labute approximate surface area is 134 Å². The molecular formula is C16H18N4O3. The Kier molecular flexibility index (Phi) is 4.68. The number of carbonyl (C=O) groups is 2. The van der Waals surface area contributed by atoms with Gasteiger partial charge in [-0.15, -0.1) is 0 Å². The minimum atomic E-state index is -0.585. The average Bonchev–Trinajstić information content (AvgIpc) is 2.46. The lowest BCUT2D eigenvalue weighted by atomic mass is 10.1. The van der Waals surface area contributed by atoms with E-state index in [2.05, 4.69) is 20.3 Å². The first-order valence-electron chi connectivity index (χ1n) is 7.04. The van der Waals surface area contributed by atoms with Gasteiger partial charge >= 0.3 is 5.97 Å². The number of amides is 1. The van der Waals surface area contributed by atoms with Gasteiger partial charge in [0, 0.05) is 31.1 Å². The van der Waals surface area contributed by atoms with E-state index in [9.17, 15) is 9.59 Å². The van der Waals surface area contributed by atoms with Crippen LogP contribution in [0, 0.1) is 0 Å². The second kappa shape index (κ2) is 6.51. The van der Waals surface area contributed by atoms with E-state index in [1.807, 2.05) is 0 Å². The van der Waals surface area contributed by atoms with Crippen molar-refractivity contribution in [3.05, 3.63) is 36.4 Å². The van der Waals surface area contributed by atoms with E-state index >= 15 is 0 Å². The Hall–Kier alpha value is -2.83. The predicted molar refractivity (Wildman–Crippen MR) is 84.7 cm³/mol. The van der Waals surface area contributed by atoms with Crippen LogP contribution in [0.4, 0.5) is 5.95 Å². The monoisotopic (exact) mass is 314 g/mol. The van der Waals surface area contributed by atoms with Crippen LogP contribution in [-0.4, -0.2) is 32.4 Å². The van der Waals surface area contributed by atoms with Crippen LogP contribution in [0.1, 0.15) is 38.2 Å². The van der Waals surface area contributed by atoms with Gasteiger partial charge < -0.3 is 4.74 Å². The molecule has 0 unspecified atom stereocenters. The molecule has 1 N–H and O–H groups in total. The van der Waals surface area contributed by atoms with Crippen LogP contribution in [0.3, 0.4) is 0 Å². The number of pyridine rings is 1. The summed E-state index contributed by atoms with van der Waals surface area (Å²) in [5.74, 6) is -0.508. The van der Waals surface area contributed by atoms with Gasteiger partial charge in [0.2, 0.25) is 11.9 Å². The summed E-state index contributed by atoms with van der Waals surface area (Å²) in [6.07, 6.45) is 4.65.